The Morgan fingerprint density at radius 2 is 1.71 bits per heavy atom. The van der Waals surface area contributed by atoms with Crippen molar-refractivity contribution in [3.8, 4) is 0 Å². The van der Waals surface area contributed by atoms with Crippen molar-refractivity contribution in [2.45, 2.75) is 39.5 Å². The quantitative estimate of drug-likeness (QED) is 0.783. The number of carbonyl (C=O) groups excluding carboxylic acids is 1. The molecule has 2 rings (SSSR count). The van der Waals surface area contributed by atoms with Crippen molar-refractivity contribution in [1.29, 1.82) is 0 Å². The van der Waals surface area contributed by atoms with E-state index in [2.05, 4.69) is 37.4 Å². The smallest absolute Gasteiger partial charge is 0.160 e. The van der Waals surface area contributed by atoms with Crippen LogP contribution in [0.1, 0.15) is 36.8 Å². The highest BCUT2D eigenvalue weighted by molar-refractivity contribution is 5.96. The number of hydrogen-bond acceptors (Lipinski definition) is 2. The van der Waals surface area contributed by atoms with Crippen molar-refractivity contribution in [3.05, 3.63) is 41.1 Å². The SMILES string of the molecule is Cc1cc(C)cc(N/C=C2/CCCCC2=O)c1. The largest absolute Gasteiger partial charge is 0.361 e. The van der Waals surface area contributed by atoms with Gasteiger partial charge in [0.25, 0.3) is 0 Å². The van der Waals surface area contributed by atoms with Gasteiger partial charge in [0, 0.05) is 23.9 Å². The molecule has 17 heavy (non-hydrogen) atoms. The second kappa shape index (κ2) is 5.17. The van der Waals surface area contributed by atoms with Crippen LogP contribution in [0, 0.1) is 13.8 Å². The first-order valence-electron chi connectivity index (χ1n) is 6.22. The van der Waals surface area contributed by atoms with Crippen LogP contribution in [0.25, 0.3) is 0 Å². The van der Waals surface area contributed by atoms with Crippen LogP contribution in [-0.4, -0.2) is 5.78 Å². The Morgan fingerprint density at radius 3 is 2.35 bits per heavy atom. The molecule has 1 aliphatic carbocycles. The maximum absolute atomic E-state index is 11.6. The van der Waals surface area contributed by atoms with E-state index in [4.69, 9.17) is 0 Å². The average molecular weight is 229 g/mol. The number of rotatable bonds is 2. The number of aryl methyl sites for hydroxylation is 2. The highest BCUT2D eigenvalue weighted by atomic mass is 16.1. The zero-order chi connectivity index (χ0) is 12.3. The van der Waals surface area contributed by atoms with Crippen LogP contribution >= 0.6 is 0 Å². The third-order valence-electron chi connectivity index (χ3n) is 3.09. The molecule has 1 saturated carbocycles. The van der Waals surface area contributed by atoms with Crippen LogP contribution < -0.4 is 5.32 Å². The van der Waals surface area contributed by atoms with E-state index >= 15 is 0 Å². The van der Waals surface area contributed by atoms with E-state index in [-0.39, 0.29) is 0 Å². The van der Waals surface area contributed by atoms with Gasteiger partial charge in [0.15, 0.2) is 5.78 Å². The predicted octanol–water partition coefficient (Wildman–Crippen LogP) is 3.74. The average Bonchev–Trinajstić information content (AvgIpc) is 2.27. The molecule has 0 heterocycles. The maximum Gasteiger partial charge on any atom is 0.160 e. The lowest BCUT2D eigenvalue weighted by Crippen LogP contribution is -2.09. The summed E-state index contributed by atoms with van der Waals surface area (Å²) in [6.07, 6.45) is 5.68. The normalized spacial score (nSPS) is 18.5. The Morgan fingerprint density at radius 1 is 1.06 bits per heavy atom. The van der Waals surface area contributed by atoms with Gasteiger partial charge in [-0.3, -0.25) is 4.79 Å². The number of nitrogens with one attached hydrogen (secondary N) is 1. The van der Waals surface area contributed by atoms with Crippen LogP contribution in [0.4, 0.5) is 5.69 Å². The Hall–Kier alpha value is -1.57. The van der Waals surface area contributed by atoms with Gasteiger partial charge < -0.3 is 5.32 Å². The minimum atomic E-state index is 0.299. The second-order valence-corrected chi connectivity index (χ2v) is 4.82. The van der Waals surface area contributed by atoms with Gasteiger partial charge in [0.2, 0.25) is 0 Å². The van der Waals surface area contributed by atoms with Crippen LogP contribution in [0.2, 0.25) is 0 Å². The number of carbonyl (C=O) groups is 1. The van der Waals surface area contributed by atoms with E-state index in [1.54, 1.807) is 0 Å². The Bertz CT molecular complexity index is 440. The first kappa shape index (κ1) is 11.9. The van der Waals surface area contributed by atoms with E-state index < -0.39 is 0 Å². The fourth-order valence-electron chi connectivity index (χ4n) is 2.28. The molecule has 2 heteroatoms. The molecule has 0 amide bonds. The number of benzene rings is 1. The van der Waals surface area contributed by atoms with Crippen molar-refractivity contribution in [2.75, 3.05) is 5.32 Å². The Balaban J connectivity index is 2.10. The minimum absolute atomic E-state index is 0.299. The summed E-state index contributed by atoms with van der Waals surface area (Å²) >= 11 is 0. The molecule has 1 fully saturated rings. The van der Waals surface area contributed by atoms with Crippen molar-refractivity contribution in [2.24, 2.45) is 0 Å². The Labute approximate surface area is 103 Å². The molecule has 90 valence electrons. The summed E-state index contributed by atoms with van der Waals surface area (Å²) in [5.41, 5.74) is 4.48. The maximum atomic E-state index is 11.6. The van der Waals surface area contributed by atoms with E-state index in [1.807, 2.05) is 6.20 Å². The summed E-state index contributed by atoms with van der Waals surface area (Å²) in [6.45, 7) is 4.16. The van der Waals surface area contributed by atoms with Gasteiger partial charge in [0.05, 0.1) is 0 Å². The van der Waals surface area contributed by atoms with Gasteiger partial charge in [0.1, 0.15) is 0 Å². The first-order valence-corrected chi connectivity index (χ1v) is 6.22. The van der Waals surface area contributed by atoms with Gasteiger partial charge in [-0.05, 0) is 56.4 Å². The summed E-state index contributed by atoms with van der Waals surface area (Å²) < 4.78 is 0. The third-order valence-corrected chi connectivity index (χ3v) is 3.09. The van der Waals surface area contributed by atoms with Gasteiger partial charge in [-0.15, -0.1) is 0 Å². The van der Waals surface area contributed by atoms with Crippen LogP contribution in [0.15, 0.2) is 30.0 Å². The number of ketones is 1. The first-order chi connectivity index (χ1) is 8.15. The molecule has 0 saturated heterocycles. The molecule has 0 unspecified atom stereocenters. The topological polar surface area (TPSA) is 29.1 Å². The summed E-state index contributed by atoms with van der Waals surface area (Å²) in [7, 11) is 0. The highest BCUT2D eigenvalue weighted by Gasteiger charge is 2.14. The van der Waals surface area contributed by atoms with Gasteiger partial charge in [-0.1, -0.05) is 6.07 Å². The summed E-state index contributed by atoms with van der Waals surface area (Å²) in [6, 6.07) is 6.33. The third kappa shape index (κ3) is 3.19. The van der Waals surface area contributed by atoms with Gasteiger partial charge in [-0.25, -0.2) is 0 Å². The van der Waals surface area contributed by atoms with Crippen LogP contribution in [0.5, 0.6) is 0 Å². The predicted molar refractivity (Wildman–Crippen MR) is 71.1 cm³/mol. The molecule has 0 bridgehead atoms. The number of anilines is 1. The lowest BCUT2D eigenvalue weighted by molar-refractivity contribution is -0.116. The molecule has 1 aromatic carbocycles. The van der Waals surface area contributed by atoms with Gasteiger partial charge in [-0.2, -0.15) is 0 Å². The lowest BCUT2D eigenvalue weighted by Gasteiger charge is -2.13. The lowest BCUT2D eigenvalue weighted by atomic mass is 9.94. The molecule has 0 aliphatic heterocycles. The van der Waals surface area contributed by atoms with Crippen molar-refractivity contribution in [1.82, 2.24) is 0 Å². The van der Waals surface area contributed by atoms with Crippen molar-refractivity contribution in [3.63, 3.8) is 0 Å². The number of allylic oxidation sites excluding steroid dienone is 1. The molecular formula is C15H19NO. The minimum Gasteiger partial charge on any atom is -0.361 e. The van der Waals surface area contributed by atoms with E-state index in [1.165, 1.54) is 11.1 Å². The standard InChI is InChI=1S/C15H19NO/c1-11-7-12(2)9-14(8-11)16-10-13-5-3-4-6-15(13)17/h7-10,16H,3-6H2,1-2H3/b13-10-. The van der Waals surface area contributed by atoms with Crippen LogP contribution in [0.3, 0.4) is 0 Å². The molecule has 1 aromatic rings. The molecule has 1 aliphatic rings. The Kier molecular flexibility index (Phi) is 3.62. The fraction of sp³-hybridized carbons (Fsp3) is 0.400. The number of Topliss-reactive ketones (excluding diaryl/α,β-unsaturated/α-hetero) is 1. The van der Waals surface area contributed by atoms with E-state index in [9.17, 15) is 4.79 Å². The van der Waals surface area contributed by atoms with Crippen LogP contribution in [-0.2, 0) is 4.79 Å². The highest BCUT2D eigenvalue weighted by Crippen LogP contribution is 2.20. The van der Waals surface area contributed by atoms with Gasteiger partial charge >= 0.3 is 0 Å². The zero-order valence-electron chi connectivity index (χ0n) is 10.5. The molecule has 0 atom stereocenters. The van der Waals surface area contributed by atoms with Crippen molar-refractivity contribution >= 4 is 11.5 Å². The number of hydrogen-bond donors (Lipinski definition) is 1. The molecule has 0 radical (unpaired) electrons. The van der Waals surface area contributed by atoms with Crippen molar-refractivity contribution < 1.29 is 4.79 Å². The molecular weight excluding hydrogens is 210 g/mol. The monoisotopic (exact) mass is 229 g/mol. The summed E-state index contributed by atoms with van der Waals surface area (Å²) in [5.74, 6) is 0.299. The molecule has 2 nitrogen and oxygen atoms in total. The van der Waals surface area contributed by atoms with E-state index in [0.29, 0.717) is 12.2 Å². The zero-order valence-corrected chi connectivity index (χ0v) is 10.5. The molecule has 0 aromatic heterocycles. The summed E-state index contributed by atoms with van der Waals surface area (Å²) in [5, 5.41) is 3.24. The molecule has 0 spiro atoms. The second-order valence-electron chi connectivity index (χ2n) is 4.82. The summed E-state index contributed by atoms with van der Waals surface area (Å²) in [4.78, 5) is 11.6. The molecule has 1 N–H and O–H groups in total. The van der Waals surface area contributed by atoms with E-state index in [0.717, 1.165) is 30.5 Å². The fourth-order valence-corrected chi connectivity index (χ4v) is 2.28.